The number of aromatic nitrogens is 1. The normalized spacial score (nSPS) is 22.8. The molecule has 10 nitrogen and oxygen atoms in total. The number of likely N-dealkylation sites (tertiary alicyclic amines) is 2. The molecule has 2 saturated heterocycles. The lowest BCUT2D eigenvalue weighted by Gasteiger charge is -2.33. The number of amides is 4. The minimum atomic E-state index is -0.709. The highest BCUT2D eigenvalue weighted by Crippen LogP contribution is 2.40. The largest absolute Gasteiger partial charge is 0.377 e. The van der Waals surface area contributed by atoms with Crippen molar-refractivity contribution in [3.05, 3.63) is 148 Å². The van der Waals surface area contributed by atoms with Gasteiger partial charge in [-0.15, -0.1) is 11.3 Å². The van der Waals surface area contributed by atoms with Crippen LogP contribution in [-0.4, -0.2) is 57.5 Å². The third kappa shape index (κ3) is 8.55. The molecule has 63 heavy (non-hydrogen) atoms. The fraction of sp³-hybridized carbons (Fsp3) is 0.365. The van der Waals surface area contributed by atoms with Gasteiger partial charge in [0.2, 0.25) is 23.6 Å². The van der Waals surface area contributed by atoms with Crippen molar-refractivity contribution in [2.75, 3.05) is 13.1 Å². The zero-order valence-electron chi connectivity index (χ0n) is 35.7. The van der Waals surface area contributed by atoms with Crippen molar-refractivity contribution in [2.45, 2.75) is 94.4 Å². The van der Waals surface area contributed by atoms with E-state index in [9.17, 15) is 19.2 Å². The van der Waals surface area contributed by atoms with E-state index in [1.54, 1.807) is 11.3 Å². The zero-order valence-corrected chi connectivity index (χ0v) is 36.5. The highest BCUT2D eigenvalue weighted by Gasteiger charge is 2.43. The first-order valence-electron chi connectivity index (χ1n) is 22.7. The van der Waals surface area contributed by atoms with Crippen LogP contribution >= 0.6 is 11.3 Å². The zero-order chi connectivity index (χ0) is 43.1. The predicted molar refractivity (Wildman–Crippen MR) is 245 cm³/mol. The topological polar surface area (TPSA) is 124 Å². The van der Waals surface area contributed by atoms with Crippen molar-refractivity contribution in [3.8, 4) is 22.4 Å². The Morgan fingerprint density at radius 2 is 1.14 bits per heavy atom. The summed E-state index contributed by atoms with van der Waals surface area (Å²) in [5.74, 6) is -0.156. The highest BCUT2D eigenvalue weighted by molar-refractivity contribution is 7.10. The molecular weight excluding hydrogens is 805 g/mol. The van der Waals surface area contributed by atoms with Gasteiger partial charge in [-0.1, -0.05) is 115 Å². The summed E-state index contributed by atoms with van der Waals surface area (Å²) in [5, 5.41) is 13.0. The SMILES string of the molecule is CC1(c2ccc(-c3ccc(-c4csc([C@@H]5CCCN5C(=O)[C@H](NC(=O)C5CC5)c5ccccc5)n4)cc3)cc2)CC=C([C@@H]2CCCN2C(=O)[C@H](NC(=O)C2CC2)c2ccccc2)N1. The fourth-order valence-corrected chi connectivity index (χ4v) is 10.6. The standard InChI is InChI=1S/C52H54N6O4S/c1-52(29-28-41(56-52)43-14-8-30-57(43)50(61)45(36-10-4-2-5-11-36)54-47(59)38-20-21-38)40-26-24-34(25-27-40)33-16-18-35(19-17-33)42-32-63-49(53-42)44-15-9-31-58(44)51(62)46(37-12-6-3-7-13-37)55-48(60)39-22-23-39/h2-7,10-13,16-19,24-28,32,38-39,43-46,56H,8-9,14-15,20-23,29-31H2,1H3,(H,54,59)(H,55,60)/t43-,44-,45+,46+,52?/m0/s1. The summed E-state index contributed by atoms with van der Waals surface area (Å²) in [6.07, 6.45) is 10.1. The molecule has 0 bridgehead atoms. The van der Waals surface area contributed by atoms with Crippen LogP contribution < -0.4 is 16.0 Å². The summed E-state index contributed by atoms with van der Waals surface area (Å²) in [6, 6.07) is 34.9. The molecule has 4 aromatic carbocycles. The van der Waals surface area contributed by atoms with E-state index in [2.05, 4.69) is 82.9 Å². The van der Waals surface area contributed by atoms with Gasteiger partial charge in [-0.2, -0.15) is 0 Å². The third-order valence-corrected chi connectivity index (χ3v) is 14.6. The summed E-state index contributed by atoms with van der Waals surface area (Å²) >= 11 is 1.59. The first-order chi connectivity index (χ1) is 30.7. The summed E-state index contributed by atoms with van der Waals surface area (Å²) < 4.78 is 0. The second-order valence-corrected chi connectivity index (χ2v) is 19.1. The fourth-order valence-electron chi connectivity index (χ4n) is 9.63. The molecule has 4 heterocycles. The first-order valence-corrected chi connectivity index (χ1v) is 23.6. The van der Waals surface area contributed by atoms with E-state index in [4.69, 9.17) is 4.98 Å². The van der Waals surface area contributed by atoms with E-state index in [1.165, 1.54) is 5.56 Å². The number of rotatable bonds is 13. The number of hydrogen-bond donors (Lipinski definition) is 3. The molecule has 11 heteroatoms. The van der Waals surface area contributed by atoms with Gasteiger partial charge in [0.25, 0.3) is 0 Å². The molecule has 10 rings (SSSR count). The third-order valence-electron chi connectivity index (χ3n) is 13.7. The Morgan fingerprint density at radius 3 is 1.68 bits per heavy atom. The Morgan fingerprint density at radius 1 is 0.651 bits per heavy atom. The summed E-state index contributed by atoms with van der Waals surface area (Å²) in [7, 11) is 0. The van der Waals surface area contributed by atoms with Gasteiger partial charge in [0, 0.05) is 41.6 Å². The van der Waals surface area contributed by atoms with Gasteiger partial charge in [-0.25, -0.2) is 4.98 Å². The molecule has 322 valence electrons. The molecule has 3 N–H and O–H groups in total. The van der Waals surface area contributed by atoms with E-state index in [0.29, 0.717) is 13.1 Å². The van der Waals surface area contributed by atoms with E-state index in [1.807, 2.05) is 70.5 Å². The quantitative estimate of drug-likeness (QED) is 0.109. The Labute approximate surface area is 373 Å². The molecular formula is C52H54N6O4S. The van der Waals surface area contributed by atoms with Crippen LogP contribution in [0.2, 0.25) is 0 Å². The summed E-state index contributed by atoms with van der Waals surface area (Å²) in [6.45, 7) is 3.53. The van der Waals surface area contributed by atoms with Gasteiger partial charge in [0.05, 0.1) is 23.3 Å². The Kier molecular flexibility index (Phi) is 11.2. The van der Waals surface area contributed by atoms with Crippen LogP contribution in [0.25, 0.3) is 22.4 Å². The number of thiazole rings is 1. The lowest BCUT2D eigenvalue weighted by molar-refractivity contribution is -0.137. The number of carbonyl (C=O) groups is 4. The molecule has 2 aliphatic carbocycles. The van der Waals surface area contributed by atoms with Crippen LogP contribution in [-0.2, 0) is 24.7 Å². The smallest absolute Gasteiger partial charge is 0.250 e. The first kappa shape index (κ1) is 41.0. The summed E-state index contributed by atoms with van der Waals surface area (Å²) in [5.41, 5.74) is 7.71. The van der Waals surface area contributed by atoms with Crippen molar-refractivity contribution in [1.29, 1.82) is 0 Å². The van der Waals surface area contributed by atoms with Crippen molar-refractivity contribution < 1.29 is 19.2 Å². The van der Waals surface area contributed by atoms with Crippen LogP contribution in [0.3, 0.4) is 0 Å². The molecule has 3 aliphatic heterocycles. The van der Waals surface area contributed by atoms with Gasteiger partial charge in [-0.3, -0.25) is 19.2 Å². The Hall–Kier alpha value is -6.07. The van der Waals surface area contributed by atoms with Crippen LogP contribution in [0.4, 0.5) is 0 Å². The maximum Gasteiger partial charge on any atom is 0.250 e. The molecule has 1 unspecified atom stereocenters. The van der Waals surface area contributed by atoms with Gasteiger partial charge in [0.1, 0.15) is 17.1 Å². The molecule has 4 amide bonds. The highest BCUT2D eigenvalue weighted by atomic mass is 32.1. The average Bonchev–Trinajstić information content (AvgIpc) is 4.12. The van der Waals surface area contributed by atoms with Crippen molar-refractivity contribution >= 4 is 35.0 Å². The van der Waals surface area contributed by atoms with E-state index in [-0.39, 0.29) is 53.1 Å². The minimum absolute atomic E-state index is 0.0122. The molecule has 0 spiro atoms. The van der Waals surface area contributed by atoms with Gasteiger partial charge in [0.15, 0.2) is 0 Å². The van der Waals surface area contributed by atoms with Gasteiger partial charge >= 0.3 is 0 Å². The lowest BCUT2D eigenvalue weighted by Crippen LogP contribution is -2.48. The van der Waals surface area contributed by atoms with Gasteiger partial charge < -0.3 is 25.8 Å². The number of nitrogens with zero attached hydrogens (tertiary/aromatic N) is 3. The molecule has 2 saturated carbocycles. The molecule has 0 radical (unpaired) electrons. The maximum absolute atomic E-state index is 14.2. The monoisotopic (exact) mass is 858 g/mol. The van der Waals surface area contributed by atoms with E-state index < -0.39 is 12.1 Å². The Balaban J connectivity index is 0.785. The summed E-state index contributed by atoms with van der Waals surface area (Å²) in [4.78, 5) is 63.1. The second-order valence-electron chi connectivity index (χ2n) is 18.2. The van der Waals surface area contributed by atoms with Crippen LogP contribution in [0.15, 0.2) is 126 Å². The minimum Gasteiger partial charge on any atom is -0.377 e. The average molecular weight is 859 g/mol. The molecule has 1 aromatic heterocycles. The number of benzene rings is 4. The number of hydrogen-bond acceptors (Lipinski definition) is 7. The lowest BCUT2D eigenvalue weighted by atomic mass is 9.89. The number of nitrogens with one attached hydrogen (secondary N) is 3. The van der Waals surface area contributed by atoms with Crippen molar-refractivity contribution in [2.24, 2.45) is 11.8 Å². The molecule has 5 aromatic rings. The predicted octanol–water partition coefficient (Wildman–Crippen LogP) is 8.76. The van der Waals surface area contributed by atoms with E-state index >= 15 is 0 Å². The molecule has 5 atom stereocenters. The molecule has 4 fully saturated rings. The number of carbonyl (C=O) groups excluding carboxylic acids is 4. The van der Waals surface area contributed by atoms with Crippen molar-refractivity contribution in [1.82, 2.24) is 30.7 Å². The van der Waals surface area contributed by atoms with Crippen LogP contribution in [0, 0.1) is 11.8 Å². The van der Waals surface area contributed by atoms with Gasteiger partial charge in [-0.05, 0) is 92.5 Å². The van der Waals surface area contributed by atoms with E-state index in [0.717, 1.165) is 102 Å². The Bertz CT molecular complexity index is 2520. The molecule has 5 aliphatic rings. The van der Waals surface area contributed by atoms with Crippen LogP contribution in [0.5, 0.6) is 0 Å². The second kappa shape index (κ2) is 17.2. The van der Waals surface area contributed by atoms with Crippen molar-refractivity contribution in [3.63, 3.8) is 0 Å². The van der Waals surface area contributed by atoms with Crippen LogP contribution in [0.1, 0.15) is 105 Å². The maximum atomic E-state index is 14.2.